The maximum atomic E-state index is 8.68. The first-order valence-electron chi connectivity index (χ1n) is 6.02. The number of ether oxygens (including phenoxy) is 1. The first-order valence-corrected chi connectivity index (χ1v) is 6.02. The van der Waals surface area contributed by atoms with Crippen LogP contribution < -0.4 is 0 Å². The molecule has 1 N–H and O–H groups in total. The maximum Gasteiger partial charge on any atom is 0.0589 e. The molecule has 0 aromatic rings. The highest BCUT2D eigenvalue weighted by Gasteiger charge is 2.06. The van der Waals surface area contributed by atoms with E-state index in [1.165, 1.54) is 6.42 Å². The van der Waals surface area contributed by atoms with Crippen molar-refractivity contribution in [1.82, 2.24) is 4.90 Å². The standard InChI is InChI=1S/C12H27NO2/c1-12(2)11-13(8-10-15-3)7-5-4-6-9-14/h12,14H,4-11H2,1-3H3. The average Bonchev–Trinajstić information content (AvgIpc) is 2.19. The van der Waals surface area contributed by atoms with Crippen LogP contribution in [0.5, 0.6) is 0 Å². The molecule has 0 aliphatic heterocycles. The summed E-state index contributed by atoms with van der Waals surface area (Å²) in [6.45, 7) is 8.91. The molecule has 0 heterocycles. The lowest BCUT2D eigenvalue weighted by atomic mass is 10.2. The predicted octanol–water partition coefficient (Wildman–Crippen LogP) is 1.75. The van der Waals surface area contributed by atoms with E-state index >= 15 is 0 Å². The van der Waals surface area contributed by atoms with E-state index in [4.69, 9.17) is 9.84 Å². The molecule has 0 aliphatic rings. The molecule has 0 aliphatic carbocycles. The summed E-state index contributed by atoms with van der Waals surface area (Å²) in [5, 5.41) is 8.68. The van der Waals surface area contributed by atoms with Crippen LogP contribution in [0.25, 0.3) is 0 Å². The maximum absolute atomic E-state index is 8.68. The molecular formula is C12H27NO2. The summed E-state index contributed by atoms with van der Waals surface area (Å²) in [6, 6.07) is 0. The van der Waals surface area contributed by atoms with Gasteiger partial charge in [0, 0.05) is 26.8 Å². The molecule has 0 bridgehead atoms. The second-order valence-corrected chi connectivity index (χ2v) is 4.47. The van der Waals surface area contributed by atoms with E-state index in [2.05, 4.69) is 18.7 Å². The Morgan fingerprint density at radius 2 is 1.87 bits per heavy atom. The van der Waals surface area contributed by atoms with Gasteiger partial charge in [0.2, 0.25) is 0 Å². The summed E-state index contributed by atoms with van der Waals surface area (Å²) in [5.41, 5.74) is 0. The van der Waals surface area contributed by atoms with E-state index in [-0.39, 0.29) is 0 Å². The summed E-state index contributed by atoms with van der Waals surface area (Å²) in [5.74, 6) is 0.708. The van der Waals surface area contributed by atoms with Gasteiger partial charge in [-0.25, -0.2) is 0 Å². The number of methoxy groups -OCH3 is 1. The highest BCUT2D eigenvalue weighted by Crippen LogP contribution is 2.02. The minimum atomic E-state index is 0.322. The van der Waals surface area contributed by atoms with Crippen LogP contribution in [-0.2, 0) is 4.74 Å². The van der Waals surface area contributed by atoms with Crippen LogP contribution in [0.3, 0.4) is 0 Å². The molecule has 0 saturated heterocycles. The van der Waals surface area contributed by atoms with Gasteiger partial charge in [0.25, 0.3) is 0 Å². The fraction of sp³-hybridized carbons (Fsp3) is 1.00. The van der Waals surface area contributed by atoms with E-state index < -0.39 is 0 Å². The Morgan fingerprint density at radius 3 is 2.40 bits per heavy atom. The van der Waals surface area contributed by atoms with Crippen molar-refractivity contribution in [3.63, 3.8) is 0 Å². The number of nitrogens with zero attached hydrogens (tertiary/aromatic N) is 1. The van der Waals surface area contributed by atoms with Gasteiger partial charge in [-0.15, -0.1) is 0 Å². The van der Waals surface area contributed by atoms with Crippen LogP contribution >= 0.6 is 0 Å². The molecule has 92 valence electrons. The molecule has 3 nitrogen and oxygen atoms in total. The number of unbranched alkanes of at least 4 members (excludes halogenated alkanes) is 2. The van der Waals surface area contributed by atoms with Crippen LogP contribution in [-0.4, -0.2) is 50.0 Å². The van der Waals surface area contributed by atoms with Gasteiger partial charge < -0.3 is 14.7 Å². The normalized spacial score (nSPS) is 11.6. The van der Waals surface area contributed by atoms with Gasteiger partial charge in [-0.1, -0.05) is 13.8 Å². The van der Waals surface area contributed by atoms with Crippen LogP contribution in [0.15, 0.2) is 0 Å². The zero-order chi connectivity index (χ0) is 11.5. The Kier molecular flexibility index (Phi) is 10.3. The van der Waals surface area contributed by atoms with E-state index in [1.807, 2.05) is 0 Å². The van der Waals surface area contributed by atoms with Crippen molar-refractivity contribution in [2.75, 3.05) is 40.0 Å². The predicted molar refractivity (Wildman–Crippen MR) is 64.1 cm³/mol. The fourth-order valence-corrected chi connectivity index (χ4v) is 1.66. The third-order valence-electron chi connectivity index (χ3n) is 2.37. The quantitative estimate of drug-likeness (QED) is 0.566. The highest BCUT2D eigenvalue weighted by atomic mass is 16.5. The van der Waals surface area contributed by atoms with Gasteiger partial charge >= 0.3 is 0 Å². The first-order chi connectivity index (χ1) is 7.20. The Labute approximate surface area is 94.4 Å². The molecule has 0 atom stereocenters. The first kappa shape index (κ1) is 14.9. The van der Waals surface area contributed by atoms with Gasteiger partial charge in [-0.2, -0.15) is 0 Å². The number of rotatable bonds is 10. The van der Waals surface area contributed by atoms with Gasteiger partial charge in [-0.05, 0) is 31.7 Å². The molecule has 15 heavy (non-hydrogen) atoms. The Balaban J connectivity index is 3.59. The van der Waals surface area contributed by atoms with Crippen LogP contribution in [0.1, 0.15) is 33.1 Å². The van der Waals surface area contributed by atoms with Crippen molar-refractivity contribution in [3.8, 4) is 0 Å². The third kappa shape index (κ3) is 10.2. The largest absolute Gasteiger partial charge is 0.396 e. The summed E-state index contributed by atoms with van der Waals surface area (Å²) in [6.07, 6.45) is 3.23. The summed E-state index contributed by atoms with van der Waals surface area (Å²) in [7, 11) is 1.75. The van der Waals surface area contributed by atoms with Crippen molar-refractivity contribution in [1.29, 1.82) is 0 Å². The average molecular weight is 217 g/mol. The lowest BCUT2D eigenvalue weighted by Gasteiger charge is -2.23. The Morgan fingerprint density at radius 1 is 1.13 bits per heavy atom. The SMILES string of the molecule is COCCN(CCCCCO)CC(C)C. The van der Waals surface area contributed by atoms with Gasteiger partial charge in [-0.3, -0.25) is 0 Å². The second-order valence-electron chi connectivity index (χ2n) is 4.47. The molecule has 0 aromatic carbocycles. The molecule has 0 fully saturated rings. The molecule has 3 heteroatoms. The van der Waals surface area contributed by atoms with Gasteiger partial charge in [0.05, 0.1) is 6.61 Å². The van der Waals surface area contributed by atoms with E-state index in [0.29, 0.717) is 12.5 Å². The zero-order valence-corrected chi connectivity index (χ0v) is 10.5. The van der Waals surface area contributed by atoms with E-state index in [9.17, 15) is 0 Å². The number of hydrogen-bond acceptors (Lipinski definition) is 3. The lowest BCUT2D eigenvalue weighted by Crippen LogP contribution is -2.32. The van der Waals surface area contributed by atoms with E-state index in [1.54, 1.807) is 7.11 Å². The van der Waals surface area contributed by atoms with Crippen LogP contribution in [0.2, 0.25) is 0 Å². The number of aliphatic hydroxyl groups is 1. The Bertz CT molecular complexity index is 129. The van der Waals surface area contributed by atoms with Crippen LogP contribution in [0.4, 0.5) is 0 Å². The number of hydrogen-bond donors (Lipinski definition) is 1. The molecule has 0 aromatic heterocycles. The topological polar surface area (TPSA) is 32.7 Å². The summed E-state index contributed by atoms with van der Waals surface area (Å²) >= 11 is 0. The molecule has 0 amide bonds. The van der Waals surface area contributed by atoms with Crippen LogP contribution in [0, 0.1) is 5.92 Å². The molecule has 0 rings (SSSR count). The van der Waals surface area contributed by atoms with Crippen molar-refractivity contribution in [3.05, 3.63) is 0 Å². The van der Waals surface area contributed by atoms with Gasteiger partial charge in [0.1, 0.15) is 0 Å². The van der Waals surface area contributed by atoms with Crippen molar-refractivity contribution in [2.24, 2.45) is 5.92 Å². The molecule has 0 unspecified atom stereocenters. The monoisotopic (exact) mass is 217 g/mol. The van der Waals surface area contributed by atoms with Crippen molar-refractivity contribution < 1.29 is 9.84 Å². The minimum Gasteiger partial charge on any atom is -0.396 e. The Hall–Kier alpha value is -0.120. The third-order valence-corrected chi connectivity index (χ3v) is 2.37. The minimum absolute atomic E-state index is 0.322. The lowest BCUT2D eigenvalue weighted by molar-refractivity contribution is 0.138. The van der Waals surface area contributed by atoms with Crippen molar-refractivity contribution in [2.45, 2.75) is 33.1 Å². The fourth-order valence-electron chi connectivity index (χ4n) is 1.66. The molecule has 0 saturated carbocycles. The summed E-state index contributed by atoms with van der Waals surface area (Å²) < 4.78 is 5.10. The smallest absolute Gasteiger partial charge is 0.0589 e. The summed E-state index contributed by atoms with van der Waals surface area (Å²) in [4.78, 5) is 2.45. The molecular weight excluding hydrogens is 190 g/mol. The molecule has 0 spiro atoms. The van der Waals surface area contributed by atoms with Crippen molar-refractivity contribution >= 4 is 0 Å². The molecule has 0 radical (unpaired) electrons. The highest BCUT2D eigenvalue weighted by molar-refractivity contribution is 4.60. The van der Waals surface area contributed by atoms with Gasteiger partial charge in [0.15, 0.2) is 0 Å². The number of aliphatic hydroxyl groups excluding tert-OH is 1. The second kappa shape index (κ2) is 10.4. The zero-order valence-electron chi connectivity index (χ0n) is 10.5. The van der Waals surface area contributed by atoms with E-state index in [0.717, 1.165) is 39.1 Å².